The van der Waals surface area contributed by atoms with Crippen LogP contribution in [0.1, 0.15) is 80.1 Å². The van der Waals surface area contributed by atoms with Crippen molar-refractivity contribution in [2.75, 3.05) is 0 Å². The third-order valence-corrected chi connectivity index (χ3v) is 7.40. The van der Waals surface area contributed by atoms with Gasteiger partial charge in [0.1, 0.15) is 0 Å². The van der Waals surface area contributed by atoms with Crippen LogP contribution in [0.3, 0.4) is 0 Å². The van der Waals surface area contributed by atoms with Crippen molar-refractivity contribution in [3.8, 4) is 0 Å². The van der Waals surface area contributed by atoms with Gasteiger partial charge in [-0.05, 0) is 53.8 Å². The Morgan fingerprint density at radius 2 is 1.71 bits per heavy atom. The summed E-state index contributed by atoms with van der Waals surface area (Å²) in [5.41, 5.74) is 1.97. The van der Waals surface area contributed by atoms with Crippen LogP contribution < -0.4 is 0 Å². The molecule has 2 rings (SSSR count). The first-order valence-electron chi connectivity index (χ1n) is 7.89. The first kappa shape index (κ1) is 13.4. The largest absolute Gasteiger partial charge is 0.0651 e. The van der Waals surface area contributed by atoms with Gasteiger partial charge in [0, 0.05) is 0 Å². The van der Waals surface area contributed by atoms with E-state index in [0.717, 1.165) is 11.8 Å². The molecule has 5 unspecified atom stereocenters. The first-order chi connectivity index (χ1) is 7.89. The van der Waals surface area contributed by atoms with Gasteiger partial charge in [0.2, 0.25) is 0 Å². The van der Waals surface area contributed by atoms with Crippen molar-refractivity contribution in [3.63, 3.8) is 0 Å². The lowest BCUT2D eigenvalue weighted by Crippen LogP contribution is -2.72. The van der Waals surface area contributed by atoms with Gasteiger partial charge < -0.3 is 0 Å². The molecule has 0 radical (unpaired) electrons. The molecule has 0 spiro atoms. The Labute approximate surface area is 109 Å². The van der Waals surface area contributed by atoms with Crippen molar-refractivity contribution < 1.29 is 0 Å². The van der Waals surface area contributed by atoms with E-state index in [1.807, 2.05) is 0 Å². The van der Waals surface area contributed by atoms with Crippen LogP contribution in [-0.4, -0.2) is 0 Å². The highest BCUT2D eigenvalue weighted by Crippen LogP contribution is 2.82. The summed E-state index contributed by atoms with van der Waals surface area (Å²) in [6, 6.07) is 0. The van der Waals surface area contributed by atoms with Crippen LogP contribution in [-0.2, 0) is 0 Å². The topological polar surface area (TPSA) is 0 Å². The average Bonchev–Trinajstić information content (AvgIpc) is 2.35. The van der Waals surface area contributed by atoms with E-state index in [9.17, 15) is 0 Å². The standard InChI is InChI=1S/C17H32/c1-7-13(4)10-17(9-3)12-14-11-15(5,8-2)16(14,17)6/h13-14H,7-12H2,1-6H3. The molecule has 0 aliphatic heterocycles. The predicted molar refractivity (Wildman–Crippen MR) is 76.0 cm³/mol. The molecule has 2 aliphatic carbocycles. The van der Waals surface area contributed by atoms with Crippen molar-refractivity contribution in [3.05, 3.63) is 0 Å². The van der Waals surface area contributed by atoms with Crippen LogP contribution in [0.5, 0.6) is 0 Å². The summed E-state index contributed by atoms with van der Waals surface area (Å²) >= 11 is 0. The normalized spacial score (nSPS) is 50.1. The van der Waals surface area contributed by atoms with E-state index in [4.69, 9.17) is 0 Å². The van der Waals surface area contributed by atoms with E-state index in [2.05, 4.69) is 41.5 Å². The second-order valence-corrected chi connectivity index (χ2v) is 7.57. The number of hydrogen-bond donors (Lipinski definition) is 0. The lowest BCUT2D eigenvalue weighted by Gasteiger charge is -2.79. The molecule has 17 heavy (non-hydrogen) atoms. The van der Waals surface area contributed by atoms with Crippen molar-refractivity contribution in [2.24, 2.45) is 28.1 Å². The van der Waals surface area contributed by atoms with Crippen LogP contribution >= 0.6 is 0 Å². The average molecular weight is 236 g/mol. The number of hydrogen-bond acceptors (Lipinski definition) is 0. The van der Waals surface area contributed by atoms with Gasteiger partial charge in [0.25, 0.3) is 0 Å². The Hall–Kier alpha value is 0. The summed E-state index contributed by atoms with van der Waals surface area (Å²) in [6.07, 6.45) is 8.64. The summed E-state index contributed by atoms with van der Waals surface area (Å²) in [4.78, 5) is 0. The van der Waals surface area contributed by atoms with E-state index in [1.165, 1.54) is 38.5 Å². The maximum atomic E-state index is 2.63. The van der Waals surface area contributed by atoms with Crippen LogP contribution in [0.25, 0.3) is 0 Å². The quantitative estimate of drug-likeness (QED) is 0.577. The Balaban J connectivity index is 2.20. The molecule has 0 saturated heterocycles. The first-order valence-corrected chi connectivity index (χ1v) is 7.89. The summed E-state index contributed by atoms with van der Waals surface area (Å²) in [5, 5.41) is 0. The van der Waals surface area contributed by atoms with Crippen LogP contribution in [0.4, 0.5) is 0 Å². The van der Waals surface area contributed by atoms with Crippen molar-refractivity contribution in [1.82, 2.24) is 0 Å². The second kappa shape index (κ2) is 4.00. The SMILES string of the molecule is CCC(C)CC1(CC)CC2CC(C)(CC)C21C. The molecule has 2 aliphatic rings. The molecular formula is C17H32. The molecular weight excluding hydrogens is 204 g/mol. The zero-order valence-corrected chi connectivity index (χ0v) is 12.9. The van der Waals surface area contributed by atoms with Crippen molar-refractivity contribution in [2.45, 2.75) is 80.1 Å². The van der Waals surface area contributed by atoms with E-state index in [0.29, 0.717) is 16.2 Å². The minimum absolute atomic E-state index is 0.638. The lowest BCUT2D eigenvalue weighted by atomic mass is 9.25. The summed E-state index contributed by atoms with van der Waals surface area (Å²) in [7, 11) is 0. The van der Waals surface area contributed by atoms with Crippen molar-refractivity contribution >= 4 is 0 Å². The van der Waals surface area contributed by atoms with E-state index in [1.54, 1.807) is 0 Å². The zero-order valence-electron chi connectivity index (χ0n) is 12.9. The van der Waals surface area contributed by atoms with Gasteiger partial charge in [-0.3, -0.25) is 0 Å². The minimum Gasteiger partial charge on any atom is -0.0651 e. The maximum Gasteiger partial charge on any atom is -0.0187 e. The van der Waals surface area contributed by atoms with Gasteiger partial charge in [-0.2, -0.15) is 0 Å². The molecule has 5 atom stereocenters. The van der Waals surface area contributed by atoms with E-state index >= 15 is 0 Å². The van der Waals surface area contributed by atoms with Crippen LogP contribution in [0.15, 0.2) is 0 Å². The fourth-order valence-corrected chi connectivity index (χ4v) is 5.50. The lowest BCUT2D eigenvalue weighted by molar-refractivity contribution is -0.307. The highest BCUT2D eigenvalue weighted by atomic mass is 14.8. The second-order valence-electron chi connectivity index (χ2n) is 7.57. The third-order valence-electron chi connectivity index (χ3n) is 7.40. The van der Waals surface area contributed by atoms with Gasteiger partial charge >= 0.3 is 0 Å². The predicted octanol–water partition coefficient (Wildman–Crippen LogP) is 5.67. The molecule has 2 saturated carbocycles. The highest BCUT2D eigenvalue weighted by Gasteiger charge is 2.74. The van der Waals surface area contributed by atoms with E-state index in [-0.39, 0.29) is 0 Å². The zero-order chi connectivity index (χ0) is 12.9. The number of fused-ring (bicyclic) bond motifs is 1. The smallest absolute Gasteiger partial charge is 0.0187 e. The third kappa shape index (κ3) is 1.42. The Morgan fingerprint density at radius 3 is 2.12 bits per heavy atom. The van der Waals surface area contributed by atoms with Crippen molar-refractivity contribution in [1.29, 1.82) is 0 Å². The Morgan fingerprint density at radius 1 is 1.06 bits per heavy atom. The molecule has 100 valence electrons. The summed E-state index contributed by atoms with van der Waals surface area (Å²) in [5.74, 6) is 1.96. The number of rotatable bonds is 5. The van der Waals surface area contributed by atoms with Gasteiger partial charge in [0.15, 0.2) is 0 Å². The minimum atomic E-state index is 0.638. The molecule has 0 amide bonds. The molecule has 0 bridgehead atoms. The van der Waals surface area contributed by atoms with Gasteiger partial charge in [-0.25, -0.2) is 0 Å². The molecule has 0 heteroatoms. The highest BCUT2D eigenvalue weighted by molar-refractivity contribution is 5.22. The summed E-state index contributed by atoms with van der Waals surface area (Å²) in [6.45, 7) is 14.8. The molecule has 0 heterocycles. The molecule has 0 aromatic rings. The molecule has 0 N–H and O–H groups in total. The van der Waals surface area contributed by atoms with Gasteiger partial charge in [-0.15, -0.1) is 0 Å². The molecule has 0 aromatic heterocycles. The fraction of sp³-hybridized carbons (Fsp3) is 1.00. The van der Waals surface area contributed by atoms with Gasteiger partial charge in [0.05, 0.1) is 0 Å². The summed E-state index contributed by atoms with van der Waals surface area (Å²) < 4.78 is 0. The van der Waals surface area contributed by atoms with Crippen LogP contribution in [0.2, 0.25) is 0 Å². The van der Waals surface area contributed by atoms with Crippen LogP contribution in [0, 0.1) is 28.1 Å². The molecule has 0 nitrogen and oxygen atoms in total. The molecule has 2 fully saturated rings. The Bertz CT molecular complexity index is 294. The van der Waals surface area contributed by atoms with E-state index < -0.39 is 0 Å². The monoisotopic (exact) mass is 236 g/mol. The van der Waals surface area contributed by atoms with Gasteiger partial charge in [-0.1, -0.05) is 54.4 Å². The Kier molecular flexibility index (Phi) is 3.16. The molecule has 0 aromatic carbocycles. The fourth-order valence-electron chi connectivity index (χ4n) is 5.50. The maximum absolute atomic E-state index is 2.63.